The van der Waals surface area contributed by atoms with Gasteiger partial charge in [-0.3, -0.25) is 9.59 Å². The van der Waals surface area contributed by atoms with Gasteiger partial charge in [0.05, 0.1) is 12.7 Å². The van der Waals surface area contributed by atoms with Crippen molar-refractivity contribution in [2.75, 3.05) is 29.1 Å². The number of amides is 2. The normalized spacial score (nSPS) is 17.3. The molecule has 1 saturated heterocycles. The first-order valence-corrected chi connectivity index (χ1v) is 10.7. The number of aliphatic hydroxyl groups excluding tert-OH is 1. The number of carbonyl (C=O) groups is 2. The Balaban J connectivity index is 1.45. The molecular weight excluding hydrogens is 424 g/mol. The molecule has 2 amide bonds. The molecule has 0 bridgehead atoms. The predicted octanol–water partition coefficient (Wildman–Crippen LogP) is 2.34. The van der Waals surface area contributed by atoms with Crippen molar-refractivity contribution in [2.24, 2.45) is 0 Å². The number of pyridine rings is 1. The van der Waals surface area contributed by atoms with E-state index in [1.165, 1.54) is 4.90 Å². The maximum Gasteiger partial charge on any atom is 0.259 e. The van der Waals surface area contributed by atoms with Gasteiger partial charge < -0.3 is 30.5 Å². The second kappa shape index (κ2) is 9.43. The van der Waals surface area contributed by atoms with Crippen LogP contribution in [0.25, 0.3) is 10.8 Å². The quantitative estimate of drug-likeness (QED) is 0.526. The molecule has 3 aromatic rings. The molecule has 2 heterocycles. The fraction of sp³-hybridized carbons (Fsp3) is 0.292. The summed E-state index contributed by atoms with van der Waals surface area (Å²) in [6.45, 7) is 4.36. The van der Waals surface area contributed by atoms with Crippen molar-refractivity contribution in [2.45, 2.75) is 32.2 Å². The summed E-state index contributed by atoms with van der Waals surface area (Å²) in [5, 5.41) is 14.8. The van der Waals surface area contributed by atoms with E-state index < -0.39 is 24.0 Å². The highest BCUT2D eigenvalue weighted by Gasteiger charge is 2.39. The molecule has 1 aliphatic heterocycles. The average Bonchev–Trinajstić information content (AvgIpc) is 2.79. The van der Waals surface area contributed by atoms with Gasteiger partial charge in [0.2, 0.25) is 0 Å². The molecule has 0 spiro atoms. The molecule has 33 heavy (non-hydrogen) atoms. The van der Waals surface area contributed by atoms with Crippen molar-refractivity contribution in [3.8, 4) is 5.75 Å². The first kappa shape index (κ1) is 22.5. The van der Waals surface area contributed by atoms with E-state index in [0.29, 0.717) is 29.5 Å². The van der Waals surface area contributed by atoms with Crippen LogP contribution >= 0.6 is 0 Å². The lowest BCUT2D eigenvalue weighted by Gasteiger charge is -2.34. The van der Waals surface area contributed by atoms with Gasteiger partial charge in [-0.25, -0.2) is 4.98 Å². The number of benzene rings is 2. The SMILES string of the molecule is CC(C)Oc1ccc(N2CCOC([C@@H](O)C(=O)Nc3ccc4c(N)nccc4c3)C2=O)cc1. The maximum atomic E-state index is 13.0. The van der Waals surface area contributed by atoms with Crippen LogP contribution in [0.1, 0.15) is 13.8 Å². The van der Waals surface area contributed by atoms with Crippen molar-refractivity contribution in [1.29, 1.82) is 0 Å². The molecular formula is C24H26N4O5. The summed E-state index contributed by atoms with van der Waals surface area (Å²) >= 11 is 0. The predicted molar refractivity (Wildman–Crippen MR) is 125 cm³/mol. The summed E-state index contributed by atoms with van der Waals surface area (Å²) in [6.07, 6.45) is -1.38. The molecule has 4 N–H and O–H groups in total. The summed E-state index contributed by atoms with van der Waals surface area (Å²) in [7, 11) is 0. The van der Waals surface area contributed by atoms with Crippen LogP contribution in [0.2, 0.25) is 0 Å². The third-order valence-electron chi connectivity index (χ3n) is 5.26. The van der Waals surface area contributed by atoms with E-state index in [-0.39, 0.29) is 12.7 Å². The number of rotatable bonds is 6. The van der Waals surface area contributed by atoms with Gasteiger partial charge in [-0.05, 0) is 67.8 Å². The molecule has 1 aliphatic rings. The molecule has 2 atom stereocenters. The number of carbonyl (C=O) groups excluding carboxylic acids is 2. The Kier molecular flexibility index (Phi) is 6.43. The molecule has 172 valence electrons. The van der Waals surface area contributed by atoms with Crippen molar-refractivity contribution in [1.82, 2.24) is 4.98 Å². The third kappa shape index (κ3) is 4.89. The number of nitrogen functional groups attached to an aromatic ring is 1. The number of aliphatic hydroxyl groups is 1. The Hall–Kier alpha value is -3.69. The molecule has 0 saturated carbocycles. The highest BCUT2D eigenvalue weighted by molar-refractivity contribution is 6.04. The number of nitrogens with two attached hydrogens (primary N) is 1. The lowest BCUT2D eigenvalue weighted by Crippen LogP contribution is -2.55. The zero-order valence-corrected chi connectivity index (χ0v) is 18.4. The van der Waals surface area contributed by atoms with E-state index in [1.807, 2.05) is 13.8 Å². The molecule has 9 heteroatoms. The lowest BCUT2D eigenvalue weighted by molar-refractivity contribution is -0.150. The number of hydrogen-bond acceptors (Lipinski definition) is 7. The van der Waals surface area contributed by atoms with Gasteiger partial charge in [-0.2, -0.15) is 0 Å². The number of nitrogens with one attached hydrogen (secondary N) is 1. The van der Waals surface area contributed by atoms with Crippen LogP contribution in [0.15, 0.2) is 54.7 Å². The van der Waals surface area contributed by atoms with Gasteiger partial charge in [0.1, 0.15) is 11.6 Å². The molecule has 1 unspecified atom stereocenters. The van der Waals surface area contributed by atoms with Gasteiger partial charge in [-0.15, -0.1) is 0 Å². The van der Waals surface area contributed by atoms with Crippen molar-refractivity contribution in [3.05, 3.63) is 54.7 Å². The lowest BCUT2D eigenvalue weighted by atomic mass is 10.1. The van der Waals surface area contributed by atoms with E-state index in [9.17, 15) is 14.7 Å². The van der Waals surface area contributed by atoms with Crippen LogP contribution in [-0.4, -0.2) is 53.4 Å². The minimum Gasteiger partial charge on any atom is -0.491 e. The Morgan fingerprint density at radius 3 is 2.73 bits per heavy atom. The number of fused-ring (bicyclic) bond motifs is 1. The largest absolute Gasteiger partial charge is 0.491 e. The van der Waals surface area contributed by atoms with Gasteiger partial charge in [-0.1, -0.05) is 0 Å². The van der Waals surface area contributed by atoms with Crippen LogP contribution in [0.4, 0.5) is 17.2 Å². The smallest absolute Gasteiger partial charge is 0.259 e. The van der Waals surface area contributed by atoms with Crippen LogP contribution in [0.5, 0.6) is 5.75 Å². The van der Waals surface area contributed by atoms with Crippen molar-refractivity contribution < 1.29 is 24.2 Å². The molecule has 1 fully saturated rings. The number of aromatic nitrogens is 1. The number of anilines is 3. The molecule has 9 nitrogen and oxygen atoms in total. The minimum absolute atomic E-state index is 0.0375. The van der Waals surface area contributed by atoms with Crippen molar-refractivity contribution >= 4 is 39.8 Å². The monoisotopic (exact) mass is 450 g/mol. The summed E-state index contributed by atoms with van der Waals surface area (Å²) in [5.74, 6) is -0.148. The Morgan fingerprint density at radius 2 is 2.00 bits per heavy atom. The van der Waals surface area contributed by atoms with Gasteiger partial charge in [0, 0.05) is 29.5 Å². The zero-order chi connectivity index (χ0) is 23.5. The van der Waals surface area contributed by atoms with Crippen LogP contribution in [-0.2, 0) is 14.3 Å². The Labute approximate surface area is 191 Å². The number of nitrogens with zero attached hydrogens (tertiary/aromatic N) is 2. The zero-order valence-electron chi connectivity index (χ0n) is 18.4. The van der Waals surface area contributed by atoms with E-state index in [1.54, 1.807) is 54.7 Å². The number of hydrogen-bond donors (Lipinski definition) is 3. The first-order valence-electron chi connectivity index (χ1n) is 10.7. The summed E-state index contributed by atoms with van der Waals surface area (Å²) in [4.78, 5) is 31.2. The van der Waals surface area contributed by atoms with Gasteiger partial charge >= 0.3 is 0 Å². The van der Waals surface area contributed by atoms with E-state index in [0.717, 1.165) is 10.8 Å². The van der Waals surface area contributed by atoms with E-state index >= 15 is 0 Å². The van der Waals surface area contributed by atoms with Crippen molar-refractivity contribution in [3.63, 3.8) is 0 Å². The molecule has 0 radical (unpaired) electrons. The van der Waals surface area contributed by atoms with Crippen LogP contribution < -0.4 is 20.7 Å². The fourth-order valence-electron chi connectivity index (χ4n) is 3.70. The van der Waals surface area contributed by atoms with Crippen LogP contribution in [0.3, 0.4) is 0 Å². The number of ether oxygens (including phenoxy) is 2. The molecule has 2 aromatic carbocycles. The standard InChI is InChI=1S/C24H26N4O5/c1-14(2)33-18-6-4-17(5-7-18)28-11-12-32-21(24(28)31)20(29)23(30)27-16-3-8-19-15(13-16)9-10-26-22(19)25/h3-10,13-14,20-21,29H,11-12H2,1-2H3,(H2,25,26)(H,27,30)/t20-,21?/m1/s1. The average molecular weight is 450 g/mol. The summed E-state index contributed by atoms with van der Waals surface area (Å²) < 4.78 is 11.1. The van der Waals surface area contributed by atoms with Gasteiger partial charge in [0.25, 0.3) is 11.8 Å². The summed E-state index contributed by atoms with van der Waals surface area (Å²) in [6, 6.07) is 13.9. The molecule has 1 aromatic heterocycles. The second-order valence-corrected chi connectivity index (χ2v) is 8.01. The minimum atomic E-state index is -1.68. The fourth-order valence-corrected chi connectivity index (χ4v) is 3.70. The highest BCUT2D eigenvalue weighted by Crippen LogP contribution is 2.25. The molecule has 0 aliphatic carbocycles. The van der Waals surface area contributed by atoms with Gasteiger partial charge in [0.15, 0.2) is 12.2 Å². The van der Waals surface area contributed by atoms with E-state index in [4.69, 9.17) is 15.2 Å². The van der Waals surface area contributed by atoms with Crippen LogP contribution in [0, 0.1) is 0 Å². The van der Waals surface area contributed by atoms with E-state index in [2.05, 4.69) is 10.3 Å². The highest BCUT2D eigenvalue weighted by atomic mass is 16.5. The first-order chi connectivity index (χ1) is 15.8. The Morgan fingerprint density at radius 1 is 1.24 bits per heavy atom. The summed E-state index contributed by atoms with van der Waals surface area (Å²) in [5.41, 5.74) is 6.95. The Bertz CT molecular complexity index is 1170. The third-order valence-corrected chi connectivity index (χ3v) is 5.26. The maximum absolute atomic E-state index is 13.0. The molecule has 4 rings (SSSR count). The number of morpholine rings is 1. The second-order valence-electron chi connectivity index (χ2n) is 8.01. The topological polar surface area (TPSA) is 127 Å².